The van der Waals surface area contributed by atoms with Crippen LogP contribution in [0.1, 0.15) is 36.2 Å². The van der Waals surface area contributed by atoms with Crippen LogP contribution in [0.15, 0.2) is 42.5 Å². The minimum atomic E-state index is -0.148. The van der Waals surface area contributed by atoms with Gasteiger partial charge in [0.15, 0.2) is 0 Å². The van der Waals surface area contributed by atoms with Crippen molar-refractivity contribution in [1.29, 1.82) is 0 Å². The van der Waals surface area contributed by atoms with Gasteiger partial charge in [-0.05, 0) is 67.6 Å². The maximum Gasteiger partial charge on any atom is 0.255 e. The highest BCUT2D eigenvalue weighted by Gasteiger charge is 2.39. The molecule has 2 amide bonds. The first-order valence-electron chi connectivity index (χ1n) is 9.65. The molecular formula is C22H25N3O2. The second-order valence-corrected chi connectivity index (χ2v) is 7.51. The molecule has 0 saturated heterocycles. The molecule has 27 heavy (non-hydrogen) atoms. The maximum absolute atomic E-state index is 12.5. The minimum Gasteiger partial charge on any atom is -0.371 e. The molecule has 5 nitrogen and oxygen atoms in total. The maximum atomic E-state index is 12.5. The standard InChI is InChI=1S/C22H25N3O2/c1-3-25-11-10-15-4-9-18(13-20(15)25)24-21(26)16-5-7-17(8-6-16)23-22(27)19-12-14(19)2/h4-9,13-14,19H,3,10-12H2,1-2H3,(H,23,27)(H,24,26). The zero-order chi connectivity index (χ0) is 19.0. The van der Waals surface area contributed by atoms with Gasteiger partial charge in [0, 0.05) is 41.6 Å². The number of likely N-dealkylation sites (N-methyl/N-ethyl adjacent to an activating group) is 1. The predicted octanol–water partition coefficient (Wildman–Crippen LogP) is 3.92. The Morgan fingerprint density at radius 3 is 2.44 bits per heavy atom. The molecule has 4 rings (SSSR count). The lowest BCUT2D eigenvalue weighted by Crippen LogP contribution is -2.19. The molecule has 2 aliphatic rings. The van der Waals surface area contributed by atoms with Crippen molar-refractivity contribution in [1.82, 2.24) is 0 Å². The summed E-state index contributed by atoms with van der Waals surface area (Å²) in [5.41, 5.74) is 4.65. The van der Waals surface area contributed by atoms with E-state index in [1.165, 1.54) is 11.3 Å². The summed E-state index contributed by atoms with van der Waals surface area (Å²) in [5, 5.41) is 5.89. The van der Waals surface area contributed by atoms with Crippen molar-refractivity contribution in [2.24, 2.45) is 11.8 Å². The van der Waals surface area contributed by atoms with Crippen molar-refractivity contribution in [2.75, 3.05) is 28.6 Å². The fourth-order valence-electron chi connectivity index (χ4n) is 3.68. The van der Waals surface area contributed by atoms with Gasteiger partial charge in [-0.1, -0.05) is 13.0 Å². The Balaban J connectivity index is 1.40. The number of anilines is 3. The van der Waals surface area contributed by atoms with Crippen molar-refractivity contribution in [3.8, 4) is 0 Å². The lowest BCUT2D eigenvalue weighted by atomic mass is 10.1. The van der Waals surface area contributed by atoms with Crippen LogP contribution in [0.2, 0.25) is 0 Å². The molecule has 1 fully saturated rings. The Hall–Kier alpha value is -2.82. The molecule has 2 aromatic rings. The highest BCUT2D eigenvalue weighted by molar-refractivity contribution is 6.05. The Bertz CT molecular complexity index is 876. The Morgan fingerprint density at radius 2 is 1.78 bits per heavy atom. The lowest BCUT2D eigenvalue weighted by molar-refractivity contribution is -0.117. The Morgan fingerprint density at radius 1 is 1.07 bits per heavy atom. The largest absolute Gasteiger partial charge is 0.371 e. The van der Waals surface area contributed by atoms with Gasteiger partial charge in [0.25, 0.3) is 5.91 Å². The zero-order valence-electron chi connectivity index (χ0n) is 15.8. The number of rotatable bonds is 5. The van der Waals surface area contributed by atoms with E-state index in [1.807, 2.05) is 6.07 Å². The van der Waals surface area contributed by atoms with Crippen LogP contribution in [0.4, 0.5) is 17.1 Å². The minimum absolute atomic E-state index is 0.0679. The van der Waals surface area contributed by atoms with E-state index in [4.69, 9.17) is 0 Å². The van der Waals surface area contributed by atoms with E-state index in [0.29, 0.717) is 11.5 Å². The summed E-state index contributed by atoms with van der Waals surface area (Å²) >= 11 is 0. The van der Waals surface area contributed by atoms with Gasteiger partial charge in [-0.25, -0.2) is 0 Å². The summed E-state index contributed by atoms with van der Waals surface area (Å²) in [7, 11) is 0. The Kier molecular flexibility index (Phi) is 4.60. The predicted molar refractivity (Wildman–Crippen MR) is 108 cm³/mol. The summed E-state index contributed by atoms with van der Waals surface area (Å²) in [4.78, 5) is 26.9. The number of hydrogen-bond donors (Lipinski definition) is 2. The van der Waals surface area contributed by atoms with Crippen molar-refractivity contribution in [3.63, 3.8) is 0 Å². The van der Waals surface area contributed by atoms with Crippen LogP contribution in [-0.4, -0.2) is 24.9 Å². The third kappa shape index (κ3) is 3.68. The van der Waals surface area contributed by atoms with Crippen molar-refractivity contribution < 1.29 is 9.59 Å². The number of nitrogens with one attached hydrogen (secondary N) is 2. The molecule has 2 atom stereocenters. The summed E-state index contributed by atoms with van der Waals surface area (Å²) in [6.45, 7) is 6.23. The molecule has 1 heterocycles. The van der Waals surface area contributed by atoms with E-state index < -0.39 is 0 Å². The normalized spacial score (nSPS) is 20.1. The smallest absolute Gasteiger partial charge is 0.255 e. The molecule has 2 aromatic carbocycles. The first-order chi connectivity index (χ1) is 13.0. The molecule has 1 aliphatic carbocycles. The van der Waals surface area contributed by atoms with E-state index >= 15 is 0 Å². The van der Waals surface area contributed by atoms with Crippen LogP contribution >= 0.6 is 0 Å². The van der Waals surface area contributed by atoms with Gasteiger partial charge in [0.2, 0.25) is 5.91 Å². The number of carbonyl (C=O) groups is 2. The third-order valence-corrected chi connectivity index (χ3v) is 5.58. The molecule has 0 bridgehead atoms. The van der Waals surface area contributed by atoms with Gasteiger partial charge >= 0.3 is 0 Å². The van der Waals surface area contributed by atoms with Crippen molar-refractivity contribution in [3.05, 3.63) is 53.6 Å². The first kappa shape index (κ1) is 17.6. The van der Waals surface area contributed by atoms with Crippen molar-refractivity contribution in [2.45, 2.75) is 26.7 Å². The van der Waals surface area contributed by atoms with E-state index in [0.717, 1.165) is 37.3 Å². The van der Waals surface area contributed by atoms with Crippen LogP contribution in [-0.2, 0) is 11.2 Å². The van der Waals surface area contributed by atoms with Gasteiger partial charge in [0.05, 0.1) is 0 Å². The highest BCUT2D eigenvalue weighted by Crippen LogP contribution is 2.38. The SMILES string of the molecule is CCN1CCc2ccc(NC(=O)c3ccc(NC(=O)C4CC4C)cc3)cc21. The molecule has 1 aliphatic heterocycles. The molecule has 140 valence electrons. The van der Waals surface area contributed by atoms with Crippen LogP contribution in [0, 0.1) is 11.8 Å². The number of benzene rings is 2. The number of hydrogen-bond acceptors (Lipinski definition) is 3. The third-order valence-electron chi connectivity index (χ3n) is 5.58. The monoisotopic (exact) mass is 363 g/mol. The highest BCUT2D eigenvalue weighted by atomic mass is 16.2. The molecule has 1 saturated carbocycles. The Labute approximate surface area is 159 Å². The molecular weight excluding hydrogens is 338 g/mol. The van der Waals surface area contributed by atoms with Crippen LogP contribution in [0.25, 0.3) is 0 Å². The second-order valence-electron chi connectivity index (χ2n) is 7.51. The molecule has 0 radical (unpaired) electrons. The molecule has 0 spiro atoms. The zero-order valence-corrected chi connectivity index (χ0v) is 15.8. The van der Waals surface area contributed by atoms with E-state index in [2.05, 4.69) is 41.5 Å². The fraction of sp³-hybridized carbons (Fsp3) is 0.364. The number of carbonyl (C=O) groups excluding carboxylic acids is 2. The molecule has 2 unspecified atom stereocenters. The number of nitrogens with zero attached hydrogens (tertiary/aromatic N) is 1. The van der Waals surface area contributed by atoms with Gasteiger partial charge < -0.3 is 15.5 Å². The van der Waals surface area contributed by atoms with E-state index in [-0.39, 0.29) is 17.7 Å². The molecule has 0 aromatic heterocycles. The quantitative estimate of drug-likeness (QED) is 0.846. The van der Waals surface area contributed by atoms with Crippen molar-refractivity contribution >= 4 is 28.9 Å². The summed E-state index contributed by atoms with van der Waals surface area (Å²) in [5.74, 6) is 0.532. The van der Waals surface area contributed by atoms with E-state index in [1.54, 1.807) is 24.3 Å². The summed E-state index contributed by atoms with van der Waals surface area (Å²) < 4.78 is 0. The second kappa shape index (κ2) is 7.06. The van der Waals surface area contributed by atoms with Gasteiger partial charge in [-0.15, -0.1) is 0 Å². The van der Waals surface area contributed by atoms with E-state index in [9.17, 15) is 9.59 Å². The number of fused-ring (bicyclic) bond motifs is 1. The van der Waals surface area contributed by atoms with Gasteiger partial charge in [0.1, 0.15) is 0 Å². The van der Waals surface area contributed by atoms with Gasteiger partial charge in [-0.3, -0.25) is 9.59 Å². The average Bonchev–Trinajstić information content (AvgIpc) is 3.27. The van der Waals surface area contributed by atoms with Crippen LogP contribution < -0.4 is 15.5 Å². The fourth-order valence-corrected chi connectivity index (χ4v) is 3.68. The first-order valence-corrected chi connectivity index (χ1v) is 9.65. The van der Waals surface area contributed by atoms with Gasteiger partial charge in [-0.2, -0.15) is 0 Å². The number of amides is 2. The molecule has 5 heteroatoms. The topological polar surface area (TPSA) is 61.4 Å². The summed E-state index contributed by atoms with van der Waals surface area (Å²) in [6, 6.07) is 13.2. The summed E-state index contributed by atoms with van der Waals surface area (Å²) in [6.07, 6.45) is 2.02. The van der Waals surface area contributed by atoms with Crippen LogP contribution in [0.3, 0.4) is 0 Å². The lowest BCUT2D eigenvalue weighted by Gasteiger charge is -2.17. The van der Waals surface area contributed by atoms with Crippen LogP contribution in [0.5, 0.6) is 0 Å². The average molecular weight is 363 g/mol. The molecule has 2 N–H and O–H groups in total.